The SMILES string of the molecule is COc1cc(C(=O)Nn2cnc3sc(C)c(-c4ccccc4)c3c2=O)on1. The van der Waals surface area contributed by atoms with Crippen LogP contribution in [-0.4, -0.2) is 27.8 Å². The van der Waals surface area contributed by atoms with Gasteiger partial charge in [-0.3, -0.25) is 15.0 Å². The third-order valence-corrected chi connectivity index (χ3v) is 5.01. The number of amides is 1. The molecule has 0 fully saturated rings. The molecule has 0 spiro atoms. The van der Waals surface area contributed by atoms with Crippen LogP contribution in [0.25, 0.3) is 21.3 Å². The molecule has 4 rings (SSSR count). The molecule has 1 aromatic carbocycles. The van der Waals surface area contributed by atoms with Crippen molar-refractivity contribution in [3.63, 3.8) is 0 Å². The molecule has 9 heteroatoms. The third-order valence-electron chi connectivity index (χ3n) is 3.99. The summed E-state index contributed by atoms with van der Waals surface area (Å²) < 4.78 is 10.8. The average Bonchev–Trinajstić information content (AvgIpc) is 3.29. The maximum atomic E-state index is 13.0. The van der Waals surface area contributed by atoms with Crippen molar-refractivity contribution in [3.05, 3.63) is 63.7 Å². The van der Waals surface area contributed by atoms with Crippen LogP contribution in [0.4, 0.5) is 0 Å². The van der Waals surface area contributed by atoms with Gasteiger partial charge in [-0.25, -0.2) is 9.66 Å². The molecule has 27 heavy (non-hydrogen) atoms. The van der Waals surface area contributed by atoms with Crippen molar-refractivity contribution < 1.29 is 14.1 Å². The maximum Gasteiger partial charge on any atom is 0.308 e. The van der Waals surface area contributed by atoms with E-state index in [0.29, 0.717) is 10.2 Å². The fourth-order valence-corrected chi connectivity index (χ4v) is 3.76. The van der Waals surface area contributed by atoms with Gasteiger partial charge in [0.25, 0.3) is 11.4 Å². The molecule has 0 unspecified atom stereocenters. The highest BCUT2D eigenvalue weighted by Gasteiger charge is 2.19. The van der Waals surface area contributed by atoms with Crippen LogP contribution in [-0.2, 0) is 0 Å². The first-order chi connectivity index (χ1) is 13.1. The second kappa shape index (κ2) is 6.69. The van der Waals surface area contributed by atoms with E-state index in [2.05, 4.69) is 15.6 Å². The zero-order valence-electron chi connectivity index (χ0n) is 14.4. The highest BCUT2D eigenvalue weighted by atomic mass is 32.1. The van der Waals surface area contributed by atoms with Crippen molar-refractivity contribution in [3.8, 4) is 17.0 Å². The van der Waals surface area contributed by atoms with Gasteiger partial charge in [0.2, 0.25) is 5.76 Å². The number of nitrogens with one attached hydrogen (secondary N) is 1. The summed E-state index contributed by atoms with van der Waals surface area (Å²) in [5.74, 6) is -0.549. The summed E-state index contributed by atoms with van der Waals surface area (Å²) in [7, 11) is 1.41. The lowest BCUT2D eigenvalue weighted by atomic mass is 10.0. The standard InChI is InChI=1S/C18H14N4O4S/c1-10-14(11-6-4-3-5-7-11)15-17(27-10)19-9-22(18(15)24)20-16(23)12-8-13(25-2)21-26-12/h3-9H,1-2H3,(H,20,23). The van der Waals surface area contributed by atoms with Crippen LogP contribution < -0.4 is 15.7 Å². The van der Waals surface area contributed by atoms with E-state index in [4.69, 9.17) is 9.26 Å². The number of benzene rings is 1. The van der Waals surface area contributed by atoms with E-state index in [1.807, 2.05) is 37.3 Å². The zero-order valence-corrected chi connectivity index (χ0v) is 15.2. The molecule has 0 atom stereocenters. The van der Waals surface area contributed by atoms with Gasteiger partial charge >= 0.3 is 5.91 Å². The number of nitrogens with zero attached hydrogens (tertiary/aromatic N) is 3. The monoisotopic (exact) mass is 382 g/mol. The van der Waals surface area contributed by atoms with Gasteiger partial charge in [0, 0.05) is 10.4 Å². The number of thiophene rings is 1. The number of fused-ring (bicyclic) bond motifs is 1. The fourth-order valence-electron chi connectivity index (χ4n) is 2.76. The van der Waals surface area contributed by atoms with Crippen LogP contribution in [0, 0.1) is 6.92 Å². The Morgan fingerprint density at radius 2 is 2.07 bits per heavy atom. The molecule has 0 aliphatic rings. The van der Waals surface area contributed by atoms with Crippen molar-refractivity contribution >= 4 is 27.5 Å². The Bertz CT molecular complexity index is 1190. The van der Waals surface area contributed by atoms with Gasteiger partial charge in [0.15, 0.2) is 0 Å². The molecule has 0 bridgehead atoms. The van der Waals surface area contributed by atoms with E-state index < -0.39 is 5.91 Å². The van der Waals surface area contributed by atoms with Crippen molar-refractivity contribution in [2.45, 2.75) is 6.92 Å². The lowest BCUT2D eigenvalue weighted by Crippen LogP contribution is -2.33. The molecule has 0 saturated heterocycles. The van der Waals surface area contributed by atoms with Gasteiger partial charge in [-0.15, -0.1) is 11.3 Å². The van der Waals surface area contributed by atoms with Crippen molar-refractivity contribution in [2.75, 3.05) is 12.5 Å². The number of carbonyl (C=O) groups is 1. The van der Waals surface area contributed by atoms with E-state index in [1.165, 1.54) is 30.8 Å². The second-order valence-corrected chi connectivity index (χ2v) is 6.88. The van der Waals surface area contributed by atoms with Gasteiger partial charge in [-0.1, -0.05) is 30.3 Å². The predicted molar refractivity (Wildman–Crippen MR) is 101 cm³/mol. The second-order valence-electron chi connectivity index (χ2n) is 5.67. The molecule has 0 saturated carbocycles. The normalized spacial score (nSPS) is 10.9. The minimum Gasteiger partial charge on any atom is -0.479 e. The summed E-state index contributed by atoms with van der Waals surface area (Å²) in [5.41, 5.74) is 3.83. The highest BCUT2D eigenvalue weighted by molar-refractivity contribution is 7.19. The van der Waals surface area contributed by atoms with Gasteiger partial charge in [0.1, 0.15) is 11.2 Å². The maximum absolute atomic E-state index is 13.0. The third kappa shape index (κ3) is 2.97. The summed E-state index contributed by atoms with van der Waals surface area (Å²) in [6.45, 7) is 1.94. The van der Waals surface area contributed by atoms with Gasteiger partial charge in [-0.05, 0) is 17.6 Å². The van der Waals surface area contributed by atoms with Crippen molar-refractivity contribution in [2.24, 2.45) is 0 Å². The van der Waals surface area contributed by atoms with E-state index in [0.717, 1.165) is 20.7 Å². The van der Waals surface area contributed by atoms with E-state index in [-0.39, 0.29) is 17.2 Å². The number of hydrogen-bond acceptors (Lipinski definition) is 7. The summed E-state index contributed by atoms with van der Waals surface area (Å²) in [6, 6.07) is 10.9. The quantitative estimate of drug-likeness (QED) is 0.583. The molecule has 1 N–H and O–H groups in total. The topological polar surface area (TPSA) is 99.2 Å². The molecule has 0 aliphatic carbocycles. The number of hydrogen-bond donors (Lipinski definition) is 1. The van der Waals surface area contributed by atoms with E-state index >= 15 is 0 Å². The first-order valence-electron chi connectivity index (χ1n) is 7.96. The Hall–Kier alpha value is -3.46. The molecule has 4 aromatic rings. The first kappa shape index (κ1) is 17.0. The summed E-state index contributed by atoms with van der Waals surface area (Å²) in [6.07, 6.45) is 1.28. The molecule has 0 radical (unpaired) electrons. The molecule has 0 aliphatic heterocycles. The Balaban J connectivity index is 1.78. The van der Waals surface area contributed by atoms with Crippen LogP contribution in [0.15, 0.2) is 52.0 Å². The Labute approximate surface area is 157 Å². The lowest BCUT2D eigenvalue weighted by Gasteiger charge is -2.06. The summed E-state index contributed by atoms with van der Waals surface area (Å²) in [5, 5.41) is 4.03. The molecule has 3 heterocycles. The molecule has 8 nitrogen and oxygen atoms in total. The van der Waals surface area contributed by atoms with Gasteiger partial charge in [-0.2, -0.15) is 0 Å². The number of rotatable bonds is 4. The zero-order chi connectivity index (χ0) is 19.0. The average molecular weight is 382 g/mol. The van der Waals surface area contributed by atoms with Crippen LogP contribution in [0.5, 0.6) is 5.88 Å². The van der Waals surface area contributed by atoms with E-state index in [1.54, 1.807) is 0 Å². The Kier molecular flexibility index (Phi) is 4.21. The van der Waals surface area contributed by atoms with Crippen molar-refractivity contribution in [1.82, 2.24) is 14.8 Å². The van der Waals surface area contributed by atoms with Gasteiger partial charge in [0.05, 0.1) is 18.6 Å². The summed E-state index contributed by atoms with van der Waals surface area (Å²) >= 11 is 1.44. The van der Waals surface area contributed by atoms with Crippen molar-refractivity contribution in [1.29, 1.82) is 0 Å². The van der Waals surface area contributed by atoms with Crippen LogP contribution in [0.2, 0.25) is 0 Å². The summed E-state index contributed by atoms with van der Waals surface area (Å²) in [4.78, 5) is 31.2. The number of carbonyl (C=O) groups excluding carboxylic acids is 1. The molecule has 136 valence electrons. The molecular formula is C18H14N4O4S. The Morgan fingerprint density at radius 1 is 1.30 bits per heavy atom. The predicted octanol–water partition coefficient (Wildman–Crippen LogP) is 2.81. The minimum absolute atomic E-state index is 0.0800. The van der Waals surface area contributed by atoms with Crippen LogP contribution in [0.3, 0.4) is 0 Å². The smallest absolute Gasteiger partial charge is 0.308 e. The minimum atomic E-state index is -0.637. The van der Waals surface area contributed by atoms with Crippen LogP contribution >= 0.6 is 11.3 Å². The largest absolute Gasteiger partial charge is 0.479 e. The van der Waals surface area contributed by atoms with Gasteiger partial charge < -0.3 is 9.26 Å². The number of methoxy groups -OCH3 is 1. The molecule has 3 aromatic heterocycles. The fraction of sp³-hybridized carbons (Fsp3) is 0.111. The lowest BCUT2D eigenvalue weighted by molar-refractivity contribution is 0.0971. The number of aromatic nitrogens is 3. The first-order valence-corrected chi connectivity index (χ1v) is 8.78. The molecular weight excluding hydrogens is 368 g/mol. The number of aryl methyl sites for hydroxylation is 1. The van der Waals surface area contributed by atoms with E-state index in [9.17, 15) is 9.59 Å². The Morgan fingerprint density at radius 3 is 2.78 bits per heavy atom. The molecule has 1 amide bonds. The number of ether oxygens (including phenoxy) is 1. The highest BCUT2D eigenvalue weighted by Crippen LogP contribution is 2.35. The van der Waals surface area contributed by atoms with Crippen LogP contribution in [0.1, 0.15) is 15.4 Å².